The molecule has 0 aliphatic rings. The minimum Gasteiger partial charge on any atom is -0.465 e. The van der Waals surface area contributed by atoms with Gasteiger partial charge in [0.1, 0.15) is 5.82 Å². The number of aromatic nitrogens is 3. The van der Waals surface area contributed by atoms with Crippen molar-refractivity contribution in [2.75, 3.05) is 12.4 Å². The van der Waals surface area contributed by atoms with Crippen molar-refractivity contribution in [2.24, 2.45) is 0 Å². The van der Waals surface area contributed by atoms with Crippen molar-refractivity contribution in [3.8, 4) is 11.4 Å². The Morgan fingerprint density at radius 3 is 2.66 bits per heavy atom. The van der Waals surface area contributed by atoms with Crippen molar-refractivity contribution in [3.05, 3.63) is 77.9 Å². The maximum Gasteiger partial charge on any atom is 0.337 e. The first-order valence-electron chi connectivity index (χ1n) is 11.9. The van der Waals surface area contributed by atoms with Crippen LogP contribution in [0.5, 0.6) is 0 Å². The van der Waals surface area contributed by atoms with E-state index in [-0.39, 0.29) is 5.97 Å². The average molecular weight is 485 g/mol. The van der Waals surface area contributed by atoms with Crippen LogP contribution in [0.3, 0.4) is 0 Å². The Hall–Kier alpha value is -3.71. The first-order valence-corrected chi connectivity index (χ1v) is 12.8. The monoisotopic (exact) mass is 484 g/mol. The Morgan fingerprint density at radius 2 is 1.86 bits per heavy atom. The van der Waals surface area contributed by atoms with E-state index in [4.69, 9.17) is 14.7 Å². The van der Waals surface area contributed by atoms with Gasteiger partial charge in [0, 0.05) is 18.7 Å². The number of methoxy groups -OCH3 is 1. The summed E-state index contributed by atoms with van der Waals surface area (Å²) in [6, 6.07) is 22.1. The summed E-state index contributed by atoms with van der Waals surface area (Å²) in [6.45, 7) is 3.80. The van der Waals surface area contributed by atoms with E-state index < -0.39 is 0 Å². The molecule has 1 N–H and O–H groups in total. The van der Waals surface area contributed by atoms with Gasteiger partial charge >= 0.3 is 5.97 Å². The highest BCUT2D eigenvalue weighted by Crippen LogP contribution is 2.36. The van der Waals surface area contributed by atoms with Gasteiger partial charge in [-0.15, -0.1) is 0 Å². The number of thiazole rings is 1. The molecular formula is C28H28N4O2S. The summed E-state index contributed by atoms with van der Waals surface area (Å²) in [7, 11) is 1.40. The highest BCUT2D eigenvalue weighted by atomic mass is 32.1. The number of benzene rings is 3. The van der Waals surface area contributed by atoms with Crippen molar-refractivity contribution >= 4 is 43.7 Å². The van der Waals surface area contributed by atoms with Crippen LogP contribution >= 0.6 is 11.3 Å². The Bertz CT molecular complexity index is 1470. The van der Waals surface area contributed by atoms with Crippen LogP contribution in [0.1, 0.15) is 42.1 Å². The molecule has 35 heavy (non-hydrogen) atoms. The van der Waals surface area contributed by atoms with Gasteiger partial charge in [-0.25, -0.2) is 14.8 Å². The Morgan fingerprint density at radius 1 is 1.00 bits per heavy atom. The van der Waals surface area contributed by atoms with Gasteiger partial charge in [0.25, 0.3) is 0 Å². The number of esters is 1. The van der Waals surface area contributed by atoms with Crippen LogP contribution in [0.4, 0.5) is 5.13 Å². The molecule has 6 nitrogen and oxygen atoms in total. The molecule has 2 aromatic heterocycles. The molecular weight excluding hydrogens is 456 g/mol. The summed E-state index contributed by atoms with van der Waals surface area (Å²) >= 11 is 1.65. The van der Waals surface area contributed by atoms with Gasteiger partial charge in [0.05, 0.1) is 33.9 Å². The molecule has 178 valence electrons. The van der Waals surface area contributed by atoms with Gasteiger partial charge in [-0.3, -0.25) is 0 Å². The maximum absolute atomic E-state index is 12.1. The lowest BCUT2D eigenvalue weighted by Gasteiger charge is -2.10. The predicted molar refractivity (Wildman–Crippen MR) is 143 cm³/mol. The molecule has 0 spiro atoms. The number of carbonyl (C=O) groups excluding carboxylic acids is 1. The van der Waals surface area contributed by atoms with Crippen molar-refractivity contribution in [3.63, 3.8) is 0 Å². The van der Waals surface area contributed by atoms with Gasteiger partial charge in [0.2, 0.25) is 0 Å². The second-order valence-electron chi connectivity index (χ2n) is 8.50. The van der Waals surface area contributed by atoms with Crippen LogP contribution < -0.4 is 5.32 Å². The summed E-state index contributed by atoms with van der Waals surface area (Å²) < 4.78 is 8.29. The number of anilines is 1. The molecule has 0 amide bonds. The molecule has 0 aliphatic carbocycles. The fraction of sp³-hybridized carbons (Fsp3) is 0.250. The molecule has 0 atom stereocenters. The lowest BCUT2D eigenvalue weighted by molar-refractivity contribution is 0.0601. The number of nitrogens with one attached hydrogen (secondary N) is 1. The van der Waals surface area contributed by atoms with E-state index in [0.717, 1.165) is 70.1 Å². The van der Waals surface area contributed by atoms with Crippen molar-refractivity contribution in [2.45, 2.75) is 39.3 Å². The molecule has 3 aromatic carbocycles. The number of hydrogen-bond acceptors (Lipinski definition) is 6. The Kier molecular flexibility index (Phi) is 6.77. The zero-order valence-corrected chi connectivity index (χ0v) is 20.8. The number of nitrogens with zero attached hydrogens (tertiary/aromatic N) is 3. The zero-order chi connectivity index (χ0) is 24.2. The van der Waals surface area contributed by atoms with Crippen LogP contribution in [0.15, 0.2) is 66.7 Å². The first-order chi connectivity index (χ1) is 17.2. The van der Waals surface area contributed by atoms with Gasteiger partial charge in [-0.05, 0) is 42.3 Å². The van der Waals surface area contributed by atoms with Gasteiger partial charge in [-0.2, -0.15) is 0 Å². The minimum absolute atomic E-state index is 0.354. The number of fused-ring (bicyclic) bond motifs is 2. The van der Waals surface area contributed by atoms with E-state index in [1.165, 1.54) is 12.7 Å². The van der Waals surface area contributed by atoms with E-state index in [1.54, 1.807) is 11.3 Å². The molecule has 0 radical (unpaired) electrons. The number of aryl methyl sites for hydroxylation is 1. The van der Waals surface area contributed by atoms with E-state index >= 15 is 0 Å². The van der Waals surface area contributed by atoms with E-state index in [0.29, 0.717) is 5.56 Å². The van der Waals surface area contributed by atoms with Crippen molar-refractivity contribution < 1.29 is 9.53 Å². The number of hydrogen-bond donors (Lipinski definition) is 1. The molecule has 0 fully saturated rings. The van der Waals surface area contributed by atoms with Gasteiger partial charge in [0.15, 0.2) is 5.13 Å². The largest absolute Gasteiger partial charge is 0.465 e. The quantitative estimate of drug-likeness (QED) is 0.182. The van der Waals surface area contributed by atoms with Crippen LogP contribution in [-0.4, -0.2) is 27.6 Å². The fourth-order valence-electron chi connectivity index (χ4n) is 4.30. The molecule has 0 unspecified atom stereocenters. The van der Waals surface area contributed by atoms with E-state index in [9.17, 15) is 4.79 Å². The van der Waals surface area contributed by atoms with Crippen LogP contribution in [-0.2, 0) is 17.8 Å². The first kappa shape index (κ1) is 23.1. The molecule has 5 rings (SSSR count). The standard InChI is InChI=1S/C28H28N4O2S/c1-3-4-8-16-32-24-15-14-20(27(33)34-2)17-23(24)30-26(32)21-12-9-13-22-25(21)35-28(31-22)29-18-19-10-6-5-7-11-19/h5-7,9-15,17H,3-4,8,16,18H2,1-2H3,(H,29,31). The second-order valence-corrected chi connectivity index (χ2v) is 9.50. The highest BCUT2D eigenvalue weighted by Gasteiger charge is 2.18. The summed E-state index contributed by atoms with van der Waals surface area (Å²) in [6.07, 6.45) is 3.36. The molecule has 2 heterocycles. The molecule has 0 saturated heterocycles. The molecule has 7 heteroatoms. The van der Waals surface area contributed by atoms with Crippen LogP contribution in [0.25, 0.3) is 32.6 Å². The zero-order valence-electron chi connectivity index (χ0n) is 20.0. The third kappa shape index (κ3) is 4.77. The number of rotatable bonds is 9. The molecule has 5 aromatic rings. The second kappa shape index (κ2) is 10.3. The molecule has 0 saturated carbocycles. The lowest BCUT2D eigenvalue weighted by Crippen LogP contribution is -2.02. The molecule has 0 bridgehead atoms. The lowest BCUT2D eigenvalue weighted by atomic mass is 10.2. The van der Waals surface area contributed by atoms with Crippen LogP contribution in [0, 0.1) is 0 Å². The summed E-state index contributed by atoms with van der Waals surface area (Å²) in [5.41, 5.74) is 5.54. The van der Waals surface area contributed by atoms with Crippen molar-refractivity contribution in [1.29, 1.82) is 0 Å². The predicted octanol–water partition coefficient (Wildman–Crippen LogP) is 6.90. The summed E-state index contributed by atoms with van der Waals surface area (Å²) in [5, 5.41) is 4.35. The number of ether oxygens (including phenoxy) is 1. The summed E-state index contributed by atoms with van der Waals surface area (Å²) in [4.78, 5) is 21.9. The van der Waals surface area contributed by atoms with Gasteiger partial charge in [-0.1, -0.05) is 67.5 Å². The highest BCUT2D eigenvalue weighted by molar-refractivity contribution is 7.22. The SMILES string of the molecule is CCCCCn1c(-c2cccc3nc(NCc4ccccc4)sc23)nc2cc(C(=O)OC)ccc21. The normalized spacial score (nSPS) is 11.3. The minimum atomic E-state index is -0.354. The average Bonchev–Trinajstić information content (AvgIpc) is 3.48. The maximum atomic E-state index is 12.1. The third-order valence-corrected chi connectivity index (χ3v) is 7.16. The smallest absolute Gasteiger partial charge is 0.337 e. The van der Waals surface area contributed by atoms with E-state index in [2.05, 4.69) is 35.0 Å². The molecule has 0 aliphatic heterocycles. The fourth-order valence-corrected chi connectivity index (χ4v) is 5.27. The van der Waals surface area contributed by atoms with E-state index in [1.807, 2.05) is 48.5 Å². The number of imidazole rings is 1. The van der Waals surface area contributed by atoms with Crippen molar-refractivity contribution in [1.82, 2.24) is 14.5 Å². The Balaban J connectivity index is 1.56. The summed E-state index contributed by atoms with van der Waals surface area (Å²) in [5.74, 6) is 0.551. The third-order valence-electron chi connectivity index (χ3n) is 6.10. The number of unbranched alkanes of at least 4 members (excludes halogenated alkanes) is 2. The topological polar surface area (TPSA) is 69.0 Å². The van der Waals surface area contributed by atoms with Crippen LogP contribution in [0.2, 0.25) is 0 Å². The Labute approximate surface area is 208 Å². The number of carbonyl (C=O) groups is 1. The van der Waals surface area contributed by atoms with Gasteiger partial charge < -0.3 is 14.6 Å².